The van der Waals surface area contributed by atoms with E-state index in [-0.39, 0.29) is 25.7 Å². The quantitative estimate of drug-likeness (QED) is 0.753. The molecule has 9 heteroatoms. The monoisotopic (exact) mass is 275 g/mol. The summed E-state index contributed by atoms with van der Waals surface area (Å²) in [4.78, 5) is 10.1. The summed E-state index contributed by atoms with van der Waals surface area (Å²) < 4.78 is 61.6. The number of sulfonamides is 1. The molecular weight excluding hydrogens is 263 g/mol. The summed E-state index contributed by atoms with van der Waals surface area (Å²) >= 11 is 0. The van der Waals surface area contributed by atoms with E-state index in [4.69, 9.17) is 5.11 Å². The van der Waals surface area contributed by atoms with Crippen LogP contribution in [0.3, 0.4) is 0 Å². The Bertz CT molecular complexity index is 399. The van der Waals surface area contributed by atoms with Gasteiger partial charge in [0.25, 0.3) is 0 Å². The molecule has 0 heterocycles. The Hall–Kier alpha value is -0.830. The van der Waals surface area contributed by atoms with Crippen molar-refractivity contribution in [2.45, 2.75) is 37.4 Å². The van der Waals surface area contributed by atoms with Crippen molar-refractivity contribution in [1.29, 1.82) is 0 Å². The lowest BCUT2D eigenvalue weighted by molar-refractivity contribution is -0.160. The minimum Gasteiger partial charge on any atom is -0.481 e. The number of nitrogens with one attached hydrogen (secondary N) is 1. The van der Waals surface area contributed by atoms with Gasteiger partial charge in [-0.15, -0.1) is 0 Å². The van der Waals surface area contributed by atoms with Crippen molar-refractivity contribution in [1.82, 2.24) is 4.72 Å². The smallest absolute Gasteiger partial charge is 0.407 e. The van der Waals surface area contributed by atoms with Gasteiger partial charge in [-0.3, -0.25) is 4.79 Å². The van der Waals surface area contributed by atoms with Crippen LogP contribution in [0.4, 0.5) is 13.2 Å². The molecule has 1 fully saturated rings. The van der Waals surface area contributed by atoms with E-state index in [1.54, 1.807) is 4.72 Å². The normalized spacial score (nSPS) is 19.0. The summed E-state index contributed by atoms with van der Waals surface area (Å²) in [6, 6.07) is 0. The van der Waals surface area contributed by atoms with Gasteiger partial charge < -0.3 is 5.11 Å². The second-order valence-electron chi connectivity index (χ2n) is 4.00. The molecule has 0 spiro atoms. The van der Waals surface area contributed by atoms with Gasteiger partial charge in [0.2, 0.25) is 10.0 Å². The maximum absolute atomic E-state index is 12.5. The van der Waals surface area contributed by atoms with Gasteiger partial charge in [-0.2, -0.15) is 17.9 Å². The zero-order valence-electron chi connectivity index (χ0n) is 8.75. The molecule has 0 atom stereocenters. The maximum Gasteiger partial charge on any atom is 0.407 e. The molecule has 0 aliphatic heterocycles. The molecule has 1 aliphatic rings. The first-order chi connectivity index (χ1) is 7.58. The van der Waals surface area contributed by atoms with Gasteiger partial charge in [0.1, 0.15) is 5.54 Å². The van der Waals surface area contributed by atoms with Crippen LogP contribution in [0.15, 0.2) is 0 Å². The number of carbonyl (C=O) groups is 1. The number of aliphatic carboxylic acids is 1. The molecule has 1 saturated carbocycles. The van der Waals surface area contributed by atoms with Crippen LogP contribution in [0.1, 0.15) is 25.7 Å². The summed E-state index contributed by atoms with van der Waals surface area (Å²) in [6.45, 7) is 0. The minimum atomic E-state index is -4.60. The Labute approximate surface area is 96.1 Å². The number of carboxylic acids is 1. The van der Waals surface area contributed by atoms with Crippen LogP contribution in [0.2, 0.25) is 0 Å². The number of hydrogen-bond acceptors (Lipinski definition) is 3. The molecule has 5 nitrogen and oxygen atoms in total. The Morgan fingerprint density at radius 1 is 1.35 bits per heavy atom. The molecule has 17 heavy (non-hydrogen) atoms. The summed E-state index contributed by atoms with van der Waals surface area (Å²) in [5.74, 6) is -1.80. The van der Waals surface area contributed by atoms with Crippen molar-refractivity contribution in [3.63, 3.8) is 0 Å². The first-order valence-electron chi connectivity index (χ1n) is 4.88. The van der Waals surface area contributed by atoms with E-state index < -0.39 is 33.5 Å². The molecule has 0 aromatic rings. The van der Waals surface area contributed by atoms with Crippen LogP contribution in [-0.2, 0) is 14.8 Å². The van der Waals surface area contributed by atoms with Crippen LogP contribution in [-0.4, -0.2) is 37.0 Å². The average molecular weight is 275 g/mol. The molecular formula is C8H12F3NO4S. The molecule has 0 aromatic heterocycles. The molecule has 0 bridgehead atoms. The number of halogens is 3. The van der Waals surface area contributed by atoms with Gasteiger partial charge in [0.15, 0.2) is 0 Å². The lowest BCUT2D eigenvalue weighted by atomic mass is 10.3. The zero-order chi connectivity index (χ0) is 13.3. The topological polar surface area (TPSA) is 83.5 Å². The lowest BCUT2D eigenvalue weighted by Crippen LogP contribution is -2.48. The molecule has 1 aliphatic carbocycles. The van der Waals surface area contributed by atoms with Gasteiger partial charge in [-0.1, -0.05) is 0 Å². The van der Waals surface area contributed by atoms with Crippen LogP contribution < -0.4 is 4.72 Å². The zero-order valence-corrected chi connectivity index (χ0v) is 9.57. The summed E-state index contributed by atoms with van der Waals surface area (Å²) in [5.41, 5.74) is -2.32. The molecule has 0 radical (unpaired) electrons. The minimum absolute atomic E-state index is 0.210. The highest BCUT2D eigenvalue weighted by Gasteiger charge is 2.65. The predicted molar refractivity (Wildman–Crippen MR) is 51.8 cm³/mol. The summed E-state index contributed by atoms with van der Waals surface area (Å²) in [5, 5.41) is 8.29. The van der Waals surface area contributed by atoms with Crippen molar-refractivity contribution in [3.05, 3.63) is 0 Å². The molecule has 2 N–H and O–H groups in total. The number of alkyl halides is 3. The molecule has 0 unspecified atom stereocenters. The second-order valence-corrected chi connectivity index (χ2v) is 5.84. The van der Waals surface area contributed by atoms with Gasteiger partial charge in [-0.05, 0) is 19.3 Å². The van der Waals surface area contributed by atoms with E-state index in [2.05, 4.69) is 0 Å². The number of carboxylic acid groups (broad SMARTS) is 1. The third-order valence-corrected chi connectivity index (χ3v) is 3.98. The van der Waals surface area contributed by atoms with Crippen molar-refractivity contribution in [3.8, 4) is 0 Å². The first kappa shape index (κ1) is 14.2. The molecule has 100 valence electrons. The van der Waals surface area contributed by atoms with Crippen molar-refractivity contribution >= 4 is 16.0 Å². The average Bonchev–Trinajstić information content (AvgIpc) is 2.81. The predicted octanol–water partition coefficient (Wildman–Crippen LogP) is 0.865. The summed E-state index contributed by atoms with van der Waals surface area (Å²) in [7, 11) is -4.09. The van der Waals surface area contributed by atoms with E-state index in [1.165, 1.54) is 0 Å². The molecule has 0 aromatic carbocycles. The summed E-state index contributed by atoms with van der Waals surface area (Å²) in [6.07, 6.45) is -5.74. The van der Waals surface area contributed by atoms with Crippen molar-refractivity contribution in [2.24, 2.45) is 0 Å². The fourth-order valence-corrected chi connectivity index (χ4v) is 2.87. The van der Waals surface area contributed by atoms with Crippen molar-refractivity contribution in [2.75, 3.05) is 5.75 Å². The maximum atomic E-state index is 12.5. The fraction of sp³-hybridized carbons (Fsp3) is 0.875. The molecule has 0 saturated heterocycles. The van der Waals surface area contributed by atoms with E-state index in [0.29, 0.717) is 0 Å². The third-order valence-electron chi connectivity index (χ3n) is 2.45. The van der Waals surface area contributed by atoms with Crippen LogP contribution >= 0.6 is 0 Å². The van der Waals surface area contributed by atoms with Crippen LogP contribution in [0.5, 0.6) is 0 Å². The Morgan fingerprint density at radius 2 is 1.88 bits per heavy atom. The van der Waals surface area contributed by atoms with Crippen LogP contribution in [0, 0.1) is 0 Å². The fourth-order valence-electron chi connectivity index (χ4n) is 1.33. The second kappa shape index (κ2) is 4.45. The number of rotatable bonds is 6. The highest BCUT2D eigenvalue weighted by Crippen LogP contribution is 2.49. The Balaban J connectivity index is 2.53. The Kier molecular flexibility index (Phi) is 3.72. The Morgan fingerprint density at radius 3 is 2.24 bits per heavy atom. The number of hydrogen-bond donors (Lipinski definition) is 2. The standard InChI is InChI=1S/C8H12F3NO4S/c9-8(10,11)7(3-4-7)12-17(15,16)5-1-2-6(13)14/h12H,1-5H2,(H,13,14). The molecule has 0 amide bonds. The van der Waals surface area contributed by atoms with E-state index >= 15 is 0 Å². The third kappa shape index (κ3) is 3.84. The van der Waals surface area contributed by atoms with E-state index in [0.717, 1.165) is 0 Å². The van der Waals surface area contributed by atoms with Gasteiger partial charge >= 0.3 is 12.1 Å². The lowest BCUT2D eigenvalue weighted by Gasteiger charge is -2.20. The van der Waals surface area contributed by atoms with E-state index in [1.807, 2.05) is 0 Å². The highest BCUT2D eigenvalue weighted by atomic mass is 32.2. The first-order valence-corrected chi connectivity index (χ1v) is 6.53. The van der Waals surface area contributed by atoms with Crippen LogP contribution in [0.25, 0.3) is 0 Å². The molecule has 1 rings (SSSR count). The SMILES string of the molecule is O=C(O)CCCS(=O)(=O)NC1(C(F)(F)F)CC1. The van der Waals surface area contributed by atoms with E-state index in [9.17, 15) is 26.4 Å². The van der Waals surface area contributed by atoms with Gasteiger partial charge in [0.05, 0.1) is 5.75 Å². The largest absolute Gasteiger partial charge is 0.481 e. The highest BCUT2D eigenvalue weighted by molar-refractivity contribution is 7.89. The van der Waals surface area contributed by atoms with Gasteiger partial charge in [0, 0.05) is 6.42 Å². The van der Waals surface area contributed by atoms with Crippen molar-refractivity contribution < 1.29 is 31.5 Å². The van der Waals surface area contributed by atoms with Gasteiger partial charge in [-0.25, -0.2) is 8.42 Å².